The van der Waals surface area contributed by atoms with Crippen molar-refractivity contribution < 1.29 is 9.21 Å². The standard InChI is InChI=1S/C23H21N3O3/c1-15-9-16(2)21-18(10-15)11-19(22(27)25-21)14-26(13-17-5-3-7-24-12-17)23(28)20-6-4-8-29-20/h3-12H,13-14H2,1-2H3,(H,25,27). The van der Waals surface area contributed by atoms with E-state index in [1.54, 1.807) is 29.4 Å². The SMILES string of the molecule is Cc1cc(C)c2[nH]c(=O)c(CN(Cc3cccnc3)C(=O)c3ccco3)cc2c1. The summed E-state index contributed by atoms with van der Waals surface area (Å²) in [7, 11) is 0. The van der Waals surface area contributed by atoms with Crippen LogP contribution in [-0.4, -0.2) is 20.8 Å². The van der Waals surface area contributed by atoms with Crippen LogP contribution < -0.4 is 5.56 Å². The van der Waals surface area contributed by atoms with E-state index >= 15 is 0 Å². The van der Waals surface area contributed by atoms with Crippen molar-refractivity contribution in [2.75, 3.05) is 0 Å². The highest BCUT2D eigenvalue weighted by Gasteiger charge is 2.20. The second-order valence-electron chi connectivity index (χ2n) is 7.17. The molecule has 1 aromatic carbocycles. The average molecular weight is 387 g/mol. The maximum absolute atomic E-state index is 13.0. The summed E-state index contributed by atoms with van der Waals surface area (Å²) in [6.07, 6.45) is 4.85. The quantitative estimate of drug-likeness (QED) is 0.562. The number of hydrogen-bond donors (Lipinski definition) is 1. The van der Waals surface area contributed by atoms with E-state index < -0.39 is 0 Å². The lowest BCUT2D eigenvalue weighted by Crippen LogP contribution is -2.32. The van der Waals surface area contributed by atoms with Gasteiger partial charge in [-0.1, -0.05) is 17.7 Å². The number of aromatic amines is 1. The lowest BCUT2D eigenvalue weighted by atomic mass is 10.0. The van der Waals surface area contributed by atoms with Crippen molar-refractivity contribution in [3.05, 3.63) is 99.5 Å². The molecule has 4 rings (SSSR count). The van der Waals surface area contributed by atoms with Gasteiger partial charge in [0.05, 0.1) is 18.3 Å². The molecule has 146 valence electrons. The number of carbonyl (C=O) groups is 1. The summed E-state index contributed by atoms with van der Waals surface area (Å²) in [6.45, 7) is 4.47. The molecule has 3 aromatic heterocycles. The lowest BCUT2D eigenvalue weighted by molar-refractivity contribution is 0.0697. The molecule has 0 aliphatic carbocycles. The summed E-state index contributed by atoms with van der Waals surface area (Å²) in [5, 5.41) is 0.948. The highest BCUT2D eigenvalue weighted by atomic mass is 16.3. The summed E-state index contributed by atoms with van der Waals surface area (Å²) < 4.78 is 5.29. The molecule has 0 atom stereocenters. The molecule has 6 nitrogen and oxygen atoms in total. The first-order chi connectivity index (χ1) is 14.0. The summed E-state index contributed by atoms with van der Waals surface area (Å²) >= 11 is 0. The van der Waals surface area contributed by atoms with Gasteiger partial charge in [-0.05, 0) is 60.7 Å². The summed E-state index contributed by atoms with van der Waals surface area (Å²) in [4.78, 5) is 34.4. The molecule has 0 fully saturated rings. The van der Waals surface area contributed by atoms with Gasteiger partial charge in [0, 0.05) is 24.5 Å². The molecule has 3 heterocycles. The van der Waals surface area contributed by atoms with Crippen molar-refractivity contribution in [3.8, 4) is 0 Å². The summed E-state index contributed by atoms with van der Waals surface area (Å²) in [5.41, 5.74) is 4.14. The minimum absolute atomic E-state index is 0.159. The predicted molar refractivity (Wildman–Crippen MR) is 111 cm³/mol. The Labute approximate surface area is 167 Å². The van der Waals surface area contributed by atoms with E-state index in [1.807, 2.05) is 44.2 Å². The van der Waals surface area contributed by atoms with E-state index in [0.717, 1.165) is 27.6 Å². The molecule has 0 spiro atoms. The van der Waals surface area contributed by atoms with Gasteiger partial charge in [-0.25, -0.2) is 0 Å². The van der Waals surface area contributed by atoms with Crippen LogP contribution in [0, 0.1) is 13.8 Å². The minimum atomic E-state index is -0.279. The third kappa shape index (κ3) is 3.96. The Morgan fingerprint density at radius 2 is 2.00 bits per heavy atom. The molecule has 0 bridgehead atoms. The topological polar surface area (TPSA) is 79.2 Å². The fourth-order valence-electron chi connectivity index (χ4n) is 3.52. The van der Waals surface area contributed by atoms with Crippen LogP contribution in [0.25, 0.3) is 10.9 Å². The van der Waals surface area contributed by atoms with E-state index in [2.05, 4.69) is 9.97 Å². The zero-order valence-corrected chi connectivity index (χ0v) is 16.3. The van der Waals surface area contributed by atoms with Crippen LogP contribution in [0.4, 0.5) is 0 Å². The van der Waals surface area contributed by atoms with Crippen molar-refractivity contribution in [1.82, 2.24) is 14.9 Å². The first-order valence-electron chi connectivity index (χ1n) is 9.36. The molecule has 1 amide bonds. The minimum Gasteiger partial charge on any atom is -0.459 e. The lowest BCUT2D eigenvalue weighted by Gasteiger charge is -2.22. The van der Waals surface area contributed by atoms with Gasteiger partial charge < -0.3 is 14.3 Å². The number of H-pyrrole nitrogens is 1. The molecule has 29 heavy (non-hydrogen) atoms. The summed E-state index contributed by atoms with van der Waals surface area (Å²) in [5.74, 6) is -0.0448. The fourth-order valence-corrected chi connectivity index (χ4v) is 3.52. The van der Waals surface area contributed by atoms with Gasteiger partial charge in [-0.15, -0.1) is 0 Å². The number of hydrogen-bond acceptors (Lipinski definition) is 4. The van der Waals surface area contributed by atoms with Crippen LogP contribution in [0.15, 0.2) is 70.3 Å². The Kier molecular flexibility index (Phi) is 4.99. The number of nitrogens with one attached hydrogen (secondary N) is 1. The molecule has 0 saturated heterocycles. The van der Waals surface area contributed by atoms with E-state index in [9.17, 15) is 9.59 Å². The second kappa shape index (κ2) is 7.75. The highest BCUT2D eigenvalue weighted by Crippen LogP contribution is 2.20. The van der Waals surface area contributed by atoms with E-state index in [-0.39, 0.29) is 23.8 Å². The average Bonchev–Trinajstić information content (AvgIpc) is 3.24. The highest BCUT2D eigenvalue weighted by molar-refractivity contribution is 5.91. The van der Waals surface area contributed by atoms with Gasteiger partial charge in [-0.2, -0.15) is 0 Å². The van der Waals surface area contributed by atoms with Crippen LogP contribution in [-0.2, 0) is 13.1 Å². The largest absolute Gasteiger partial charge is 0.459 e. The normalized spacial score (nSPS) is 11.0. The van der Waals surface area contributed by atoms with Gasteiger partial charge in [0.1, 0.15) is 0 Å². The molecule has 0 unspecified atom stereocenters. The molecule has 4 aromatic rings. The molecule has 6 heteroatoms. The maximum Gasteiger partial charge on any atom is 0.290 e. The summed E-state index contributed by atoms with van der Waals surface area (Å²) in [6, 6.07) is 12.9. The van der Waals surface area contributed by atoms with Crippen molar-refractivity contribution in [3.63, 3.8) is 0 Å². The van der Waals surface area contributed by atoms with Crippen molar-refractivity contribution in [1.29, 1.82) is 0 Å². The maximum atomic E-state index is 13.0. The number of pyridine rings is 2. The molecule has 0 radical (unpaired) electrons. The van der Waals surface area contributed by atoms with Crippen LogP contribution in [0.1, 0.15) is 32.8 Å². The fraction of sp³-hybridized carbons (Fsp3) is 0.174. The molecule has 0 saturated carbocycles. The first-order valence-corrected chi connectivity index (χ1v) is 9.36. The van der Waals surface area contributed by atoms with Gasteiger partial charge in [-0.3, -0.25) is 14.6 Å². The number of rotatable bonds is 5. The monoisotopic (exact) mass is 387 g/mol. The first kappa shape index (κ1) is 18.7. The van der Waals surface area contributed by atoms with Gasteiger partial charge in [0.25, 0.3) is 11.5 Å². The van der Waals surface area contributed by atoms with Crippen LogP contribution in [0.2, 0.25) is 0 Å². The molecular formula is C23H21N3O3. The van der Waals surface area contributed by atoms with E-state index in [4.69, 9.17) is 4.42 Å². The zero-order valence-electron chi connectivity index (χ0n) is 16.3. The third-order valence-corrected chi connectivity index (χ3v) is 4.85. The Morgan fingerprint density at radius 3 is 2.72 bits per heavy atom. The zero-order chi connectivity index (χ0) is 20.4. The van der Waals surface area contributed by atoms with Gasteiger partial charge in [0.2, 0.25) is 0 Å². The number of benzene rings is 1. The number of amides is 1. The van der Waals surface area contributed by atoms with Crippen molar-refractivity contribution in [2.24, 2.45) is 0 Å². The Morgan fingerprint density at radius 1 is 1.14 bits per heavy atom. The van der Waals surface area contributed by atoms with Crippen molar-refractivity contribution in [2.45, 2.75) is 26.9 Å². The number of nitrogens with zero attached hydrogens (tertiary/aromatic N) is 2. The predicted octanol–water partition coefficient (Wildman–Crippen LogP) is 3.98. The Bertz CT molecular complexity index is 1210. The molecule has 1 N–H and O–H groups in total. The van der Waals surface area contributed by atoms with Crippen molar-refractivity contribution >= 4 is 16.8 Å². The molecule has 0 aliphatic heterocycles. The smallest absolute Gasteiger partial charge is 0.290 e. The number of aromatic nitrogens is 2. The van der Waals surface area contributed by atoms with Crippen LogP contribution in [0.3, 0.4) is 0 Å². The molecule has 0 aliphatic rings. The number of furan rings is 1. The van der Waals surface area contributed by atoms with Gasteiger partial charge in [0.15, 0.2) is 5.76 Å². The van der Waals surface area contributed by atoms with Crippen LogP contribution in [0.5, 0.6) is 0 Å². The Balaban J connectivity index is 1.72. The third-order valence-electron chi connectivity index (χ3n) is 4.85. The number of aryl methyl sites for hydroxylation is 2. The number of fused-ring (bicyclic) bond motifs is 1. The van der Waals surface area contributed by atoms with Crippen LogP contribution >= 0.6 is 0 Å². The Hall–Kier alpha value is -3.67. The van der Waals surface area contributed by atoms with Gasteiger partial charge >= 0.3 is 0 Å². The van der Waals surface area contributed by atoms with E-state index in [0.29, 0.717) is 12.1 Å². The number of carbonyl (C=O) groups excluding carboxylic acids is 1. The molecular weight excluding hydrogens is 366 g/mol. The van der Waals surface area contributed by atoms with E-state index in [1.165, 1.54) is 6.26 Å². The second-order valence-corrected chi connectivity index (χ2v) is 7.17.